The van der Waals surface area contributed by atoms with Gasteiger partial charge < -0.3 is 9.16 Å². The molecule has 0 aromatic carbocycles. The predicted octanol–water partition coefficient (Wildman–Crippen LogP) is 6.70. The second kappa shape index (κ2) is 7.93. The van der Waals surface area contributed by atoms with E-state index in [9.17, 15) is 0 Å². The maximum atomic E-state index is 6.45. The molecule has 0 aromatic heterocycles. The van der Waals surface area contributed by atoms with Crippen LogP contribution in [0, 0.1) is 5.92 Å². The van der Waals surface area contributed by atoms with Gasteiger partial charge in [0.25, 0.3) is 0 Å². The Morgan fingerprint density at radius 2 is 1.42 bits per heavy atom. The van der Waals surface area contributed by atoms with Gasteiger partial charge in [-0.3, -0.25) is 0 Å². The maximum Gasteiger partial charge on any atom is 0.192 e. The maximum absolute atomic E-state index is 6.45. The molecule has 0 unspecified atom stereocenters. The lowest BCUT2D eigenvalue weighted by atomic mass is 10.0. The summed E-state index contributed by atoms with van der Waals surface area (Å²) < 4.78 is 12.4. The molecule has 0 N–H and O–H groups in total. The molecule has 2 nitrogen and oxygen atoms in total. The van der Waals surface area contributed by atoms with Crippen molar-refractivity contribution in [3.63, 3.8) is 0 Å². The van der Waals surface area contributed by atoms with Gasteiger partial charge in [-0.25, -0.2) is 0 Å². The van der Waals surface area contributed by atoms with E-state index in [0.29, 0.717) is 12.0 Å². The first kappa shape index (κ1) is 22.4. The van der Waals surface area contributed by atoms with Gasteiger partial charge in [0.2, 0.25) is 0 Å². The smallest absolute Gasteiger partial charge is 0.192 e. The average Bonchev–Trinajstić information content (AvgIpc) is 2.35. The third kappa shape index (κ3) is 4.55. The number of rotatable bonds is 8. The van der Waals surface area contributed by atoms with Crippen molar-refractivity contribution in [1.29, 1.82) is 0 Å². The molecule has 0 aliphatic carbocycles. The quantitative estimate of drug-likeness (QED) is 0.441. The Balaban J connectivity index is 2.75. The van der Waals surface area contributed by atoms with Crippen molar-refractivity contribution in [2.24, 2.45) is 5.92 Å². The Hall–Kier alpha value is 0.354. The Morgan fingerprint density at radius 3 is 1.71 bits per heavy atom. The van der Waals surface area contributed by atoms with E-state index < -0.39 is 16.4 Å². The van der Waals surface area contributed by atoms with Crippen LogP contribution in [0.3, 0.4) is 0 Å². The highest BCUT2D eigenvalue weighted by molar-refractivity contribution is 6.83. The predicted molar refractivity (Wildman–Crippen MR) is 112 cm³/mol. The summed E-state index contributed by atoms with van der Waals surface area (Å²) in [5.41, 5.74) is 2.50. The summed E-state index contributed by atoms with van der Waals surface area (Å²) in [7, 11) is -3.01. The number of hydrogen-bond donors (Lipinski definition) is 0. The first-order chi connectivity index (χ1) is 10.8. The molecular weight excluding hydrogens is 328 g/mol. The van der Waals surface area contributed by atoms with Gasteiger partial charge in [0.05, 0.1) is 27.4 Å². The summed E-state index contributed by atoms with van der Waals surface area (Å²) in [6.07, 6.45) is 0.335. The molecule has 144 valence electrons. The van der Waals surface area contributed by atoms with Crippen LogP contribution in [0.4, 0.5) is 0 Å². The van der Waals surface area contributed by atoms with Gasteiger partial charge in [0, 0.05) is 5.92 Å². The van der Waals surface area contributed by atoms with Crippen molar-refractivity contribution in [3.8, 4) is 0 Å². The van der Waals surface area contributed by atoms with Crippen LogP contribution in [0.2, 0.25) is 40.8 Å². The first-order valence-corrected chi connectivity index (χ1v) is 15.4. The molecule has 0 bridgehead atoms. The summed E-state index contributed by atoms with van der Waals surface area (Å²) in [6, 6.07) is 1.41. The lowest BCUT2D eigenvalue weighted by Crippen LogP contribution is -2.54. The third-order valence-corrected chi connectivity index (χ3v) is 19.5. The van der Waals surface area contributed by atoms with Crippen LogP contribution >= 0.6 is 0 Å². The van der Waals surface area contributed by atoms with Gasteiger partial charge >= 0.3 is 0 Å². The molecule has 1 heterocycles. The van der Waals surface area contributed by atoms with Crippen LogP contribution in [0.25, 0.3) is 0 Å². The number of hydrogen-bond acceptors (Lipinski definition) is 2. The van der Waals surface area contributed by atoms with E-state index in [0.717, 1.165) is 29.8 Å². The van der Waals surface area contributed by atoms with E-state index in [1.54, 1.807) is 0 Å². The normalized spacial score (nSPS) is 23.2. The van der Waals surface area contributed by atoms with E-state index >= 15 is 0 Å². The van der Waals surface area contributed by atoms with E-state index in [2.05, 4.69) is 75.4 Å². The van der Waals surface area contributed by atoms with Crippen molar-refractivity contribution in [1.82, 2.24) is 0 Å². The molecule has 1 fully saturated rings. The number of ether oxygens (including phenoxy) is 1. The van der Waals surface area contributed by atoms with Crippen LogP contribution in [0.5, 0.6) is 0 Å². The zero-order valence-corrected chi connectivity index (χ0v) is 20.3. The van der Waals surface area contributed by atoms with Crippen molar-refractivity contribution in [2.45, 2.75) is 109 Å². The molecule has 0 aromatic rings. The van der Waals surface area contributed by atoms with Crippen molar-refractivity contribution >= 4 is 16.4 Å². The Labute approximate surface area is 154 Å². The second-order valence-corrected chi connectivity index (χ2v) is 21.4. The van der Waals surface area contributed by atoms with Crippen LogP contribution < -0.4 is 0 Å². The van der Waals surface area contributed by atoms with E-state index in [4.69, 9.17) is 9.16 Å². The van der Waals surface area contributed by atoms with Crippen molar-refractivity contribution in [3.05, 3.63) is 0 Å². The topological polar surface area (TPSA) is 18.5 Å². The molecule has 0 saturated carbocycles. The molecule has 2 atom stereocenters. The molecular formula is C20H44O2Si2. The van der Waals surface area contributed by atoms with E-state index in [1.807, 2.05) is 0 Å². The highest BCUT2D eigenvalue weighted by Gasteiger charge is 2.48. The van der Waals surface area contributed by atoms with Crippen LogP contribution in [-0.4, -0.2) is 35.7 Å². The van der Waals surface area contributed by atoms with Gasteiger partial charge in [-0.2, -0.15) is 0 Å². The summed E-state index contributed by atoms with van der Waals surface area (Å²) >= 11 is 0. The zero-order valence-electron chi connectivity index (χ0n) is 18.3. The minimum absolute atomic E-state index is 0.276. The lowest BCUT2D eigenvalue weighted by Gasteiger charge is -2.50. The van der Waals surface area contributed by atoms with Gasteiger partial charge in [-0.15, -0.1) is 0 Å². The standard InChI is InChI=1S/C20H44O2Si2/c1-15(2)24(16(3)4,17(5)6)14-18-12-21-19(18)13-22-23(10,11)20(7,8)9/h15-19H,12-14H2,1-11H3/t18-,19+/m0/s1. The van der Waals surface area contributed by atoms with Gasteiger partial charge in [0.1, 0.15) is 0 Å². The van der Waals surface area contributed by atoms with Gasteiger partial charge in [-0.05, 0) is 24.2 Å². The third-order valence-electron chi connectivity index (χ3n) is 7.31. The Kier molecular flexibility index (Phi) is 7.40. The highest BCUT2D eigenvalue weighted by Crippen LogP contribution is 2.48. The average molecular weight is 373 g/mol. The fourth-order valence-corrected chi connectivity index (χ4v) is 12.1. The summed E-state index contributed by atoms with van der Waals surface area (Å²) in [5.74, 6) is 0.716. The zero-order chi connectivity index (χ0) is 18.9. The fraction of sp³-hybridized carbons (Fsp3) is 1.00. The van der Waals surface area contributed by atoms with E-state index in [1.165, 1.54) is 6.04 Å². The minimum Gasteiger partial charge on any atom is -0.414 e. The van der Waals surface area contributed by atoms with Crippen LogP contribution in [0.1, 0.15) is 62.3 Å². The first-order valence-electron chi connectivity index (χ1n) is 10.0. The molecule has 1 rings (SSSR count). The van der Waals surface area contributed by atoms with Crippen LogP contribution in [-0.2, 0) is 9.16 Å². The molecule has 0 radical (unpaired) electrons. The molecule has 1 saturated heterocycles. The molecule has 1 aliphatic rings. The van der Waals surface area contributed by atoms with Crippen LogP contribution in [0.15, 0.2) is 0 Å². The molecule has 24 heavy (non-hydrogen) atoms. The fourth-order valence-electron chi connectivity index (χ4n) is 4.41. The SMILES string of the molecule is CC(C)[Si](C[C@@H]1CO[C@@H]1CO[Si](C)(C)C(C)(C)C)(C(C)C)C(C)C. The Morgan fingerprint density at radius 1 is 0.958 bits per heavy atom. The molecule has 0 spiro atoms. The van der Waals surface area contributed by atoms with Gasteiger partial charge in [0.15, 0.2) is 8.32 Å². The Bertz CT molecular complexity index is 375. The molecule has 4 heteroatoms. The van der Waals surface area contributed by atoms with E-state index in [-0.39, 0.29) is 5.04 Å². The van der Waals surface area contributed by atoms with Gasteiger partial charge in [-0.1, -0.05) is 78.9 Å². The summed E-state index contributed by atoms with van der Waals surface area (Å²) in [4.78, 5) is 0. The second-order valence-electron chi connectivity index (χ2n) is 10.5. The van der Waals surface area contributed by atoms with Crippen molar-refractivity contribution < 1.29 is 9.16 Å². The summed E-state index contributed by atoms with van der Waals surface area (Å²) in [5, 5.41) is 0.276. The van der Waals surface area contributed by atoms with Crippen molar-refractivity contribution in [2.75, 3.05) is 13.2 Å². The molecule has 0 amide bonds. The monoisotopic (exact) mass is 372 g/mol. The minimum atomic E-state index is -1.67. The molecule has 1 aliphatic heterocycles. The highest BCUT2D eigenvalue weighted by atomic mass is 28.4. The largest absolute Gasteiger partial charge is 0.414 e. The summed E-state index contributed by atoms with van der Waals surface area (Å²) in [6.45, 7) is 28.2. The lowest BCUT2D eigenvalue weighted by molar-refractivity contribution is -0.125.